The number of halogens is 1. The number of aromatic amines is 1. The van der Waals surface area contributed by atoms with Crippen LogP contribution in [0, 0.1) is 5.92 Å². The zero-order chi connectivity index (χ0) is 27.2. The van der Waals surface area contributed by atoms with Crippen molar-refractivity contribution in [2.24, 2.45) is 5.92 Å². The first-order chi connectivity index (χ1) is 18.2. The van der Waals surface area contributed by atoms with Crippen LogP contribution < -0.4 is 11.2 Å². The molecule has 4 rings (SSSR count). The van der Waals surface area contributed by atoms with Crippen molar-refractivity contribution in [3.63, 3.8) is 0 Å². The molecule has 0 aliphatic carbocycles. The van der Waals surface area contributed by atoms with E-state index in [0.717, 1.165) is 10.6 Å². The highest BCUT2D eigenvalue weighted by atomic mass is 31.2. The van der Waals surface area contributed by atoms with Crippen molar-refractivity contribution in [2.75, 3.05) is 33.3 Å². The summed E-state index contributed by atoms with van der Waals surface area (Å²) in [7, 11) is -4.42. The Morgan fingerprint density at radius 2 is 1.95 bits per heavy atom. The molecule has 4 atom stereocenters. The molecule has 1 aromatic carbocycles. The number of alkyl halides is 1. The molecule has 1 unspecified atom stereocenters. The zero-order valence-corrected chi connectivity index (χ0v) is 21.4. The second-order valence-corrected chi connectivity index (χ2v) is 10.6. The first kappa shape index (κ1) is 28.1. The summed E-state index contributed by atoms with van der Waals surface area (Å²) in [5.74, 6) is -0.378. The molecular formula is C23H28FN2O11P. The van der Waals surface area contributed by atoms with E-state index < -0.39 is 63.2 Å². The Kier molecular flexibility index (Phi) is 9.13. The van der Waals surface area contributed by atoms with Gasteiger partial charge in [0.2, 0.25) is 6.79 Å². The van der Waals surface area contributed by atoms with Crippen molar-refractivity contribution in [3.05, 3.63) is 69.0 Å². The molecule has 2 fully saturated rings. The number of phosphoric ester groups is 1. The van der Waals surface area contributed by atoms with Gasteiger partial charge in [-0.1, -0.05) is 37.3 Å². The second-order valence-electron chi connectivity index (χ2n) is 8.92. The average Bonchev–Trinajstić information content (AvgIpc) is 3.21. The quantitative estimate of drug-likeness (QED) is 0.232. The summed E-state index contributed by atoms with van der Waals surface area (Å²) in [5.41, 5.74) is -2.26. The largest absolute Gasteiger partial charge is 0.510 e. The summed E-state index contributed by atoms with van der Waals surface area (Å²) >= 11 is 0. The number of phosphoric acid groups is 1. The number of aromatic nitrogens is 2. The van der Waals surface area contributed by atoms with E-state index in [2.05, 4.69) is 4.98 Å². The van der Waals surface area contributed by atoms with Crippen LogP contribution >= 0.6 is 7.82 Å². The molecule has 38 heavy (non-hydrogen) atoms. The molecule has 2 aliphatic heterocycles. The lowest BCUT2D eigenvalue weighted by molar-refractivity contribution is -0.124. The number of carbonyl (C=O) groups is 1. The number of nitrogens with zero attached hydrogens (tertiary/aromatic N) is 1. The molecule has 0 radical (unpaired) electrons. The van der Waals surface area contributed by atoms with E-state index in [1.165, 1.54) is 6.20 Å². The third kappa shape index (κ3) is 7.16. The highest BCUT2D eigenvalue weighted by molar-refractivity contribution is 7.48. The summed E-state index contributed by atoms with van der Waals surface area (Å²) in [4.78, 5) is 37.5. The van der Waals surface area contributed by atoms with Crippen molar-refractivity contribution >= 4 is 14.0 Å². The highest BCUT2D eigenvalue weighted by Gasteiger charge is 2.48. The van der Waals surface area contributed by atoms with Crippen LogP contribution in [0.25, 0.3) is 0 Å². The fourth-order valence-electron chi connectivity index (χ4n) is 3.91. The number of carbonyl (C=O) groups excluding carboxylic acids is 1. The van der Waals surface area contributed by atoms with Gasteiger partial charge in [0.1, 0.15) is 18.5 Å². The van der Waals surface area contributed by atoms with E-state index in [4.69, 9.17) is 32.5 Å². The fourth-order valence-corrected chi connectivity index (χ4v) is 5.02. The first-order valence-electron chi connectivity index (χ1n) is 11.7. The molecule has 0 amide bonds. The van der Waals surface area contributed by atoms with Crippen LogP contribution in [0.3, 0.4) is 0 Å². The van der Waals surface area contributed by atoms with Crippen molar-refractivity contribution in [2.45, 2.75) is 37.9 Å². The molecule has 208 valence electrons. The number of ether oxygens (including phenoxy) is 4. The van der Waals surface area contributed by atoms with Gasteiger partial charge in [-0.05, 0) is 12.0 Å². The van der Waals surface area contributed by atoms with Crippen LogP contribution in [0.5, 0.6) is 0 Å². The Morgan fingerprint density at radius 1 is 1.18 bits per heavy atom. The Morgan fingerprint density at radius 3 is 2.61 bits per heavy atom. The minimum absolute atomic E-state index is 0.0880. The maximum absolute atomic E-state index is 14.3. The van der Waals surface area contributed by atoms with Crippen LogP contribution in [0.15, 0.2) is 52.2 Å². The van der Waals surface area contributed by atoms with Crippen molar-refractivity contribution in [1.29, 1.82) is 0 Å². The Labute approximate surface area is 216 Å². The number of nitrogens with one attached hydrogen (secondary N) is 1. The van der Waals surface area contributed by atoms with E-state index >= 15 is 0 Å². The molecule has 1 aromatic heterocycles. The summed E-state index contributed by atoms with van der Waals surface area (Å²) in [5, 5.41) is 0. The number of hydrogen-bond acceptors (Lipinski definition) is 11. The molecular weight excluding hydrogens is 530 g/mol. The predicted octanol–water partition coefficient (Wildman–Crippen LogP) is 2.67. The van der Waals surface area contributed by atoms with Gasteiger partial charge in [-0.25, -0.2) is 23.1 Å². The third-order valence-corrected chi connectivity index (χ3v) is 7.21. The van der Waals surface area contributed by atoms with Crippen molar-refractivity contribution in [3.8, 4) is 0 Å². The van der Waals surface area contributed by atoms with Gasteiger partial charge in [-0.2, -0.15) is 0 Å². The van der Waals surface area contributed by atoms with E-state index in [1.807, 2.05) is 0 Å². The molecule has 0 spiro atoms. The Hall–Kier alpha value is -2.87. The highest BCUT2D eigenvalue weighted by Crippen LogP contribution is 2.52. The molecule has 0 bridgehead atoms. The number of benzene rings is 1. The lowest BCUT2D eigenvalue weighted by Gasteiger charge is -2.28. The standard InChI is InChI=1S/C23H28FN2O11P/c1-16-9-23(13-24,37-20(16)26-8-7-19(27)25-21(26)28)14-34-38(30,33-10-17-5-3-2-4-6-17)35-15-32-22(29)36-18-11-31-12-18/h2-8,16,18,20H,9-15H2,1H3,(H,25,27,28)/t16-,20+,23+,38?/m0/s1. The Bertz CT molecular complexity index is 1250. The van der Waals surface area contributed by atoms with Gasteiger partial charge in [-0.15, -0.1) is 0 Å². The van der Waals surface area contributed by atoms with Gasteiger partial charge >= 0.3 is 19.7 Å². The predicted molar refractivity (Wildman–Crippen MR) is 127 cm³/mol. The van der Waals surface area contributed by atoms with Gasteiger partial charge in [0.25, 0.3) is 5.56 Å². The van der Waals surface area contributed by atoms with Gasteiger partial charge in [0.05, 0.1) is 26.4 Å². The summed E-state index contributed by atoms with van der Waals surface area (Å²) in [6, 6.07) is 9.87. The van der Waals surface area contributed by atoms with Crippen LogP contribution in [0.2, 0.25) is 0 Å². The molecule has 1 N–H and O–H groups in total. The van der Waals surface area contributed by atoms with Crippen LogP contribution in [-0.2, 0) is 43.7 Å². The molecule has 2 saturated heterocycles. The number of H-pyrrole nitrogens is 1. The maximum atomic E-state index is 14.3. The third-order valence-electron chi connectivity index (χ3n) is 5.90. The average molecular weight is 558 g/mol. The van der Waals surface area contributed by atoms with Crippen LogP contribution in [0.4, 0.5) is 9.18 Å². The van der Waals surface area contributed by atoms with Gasteiger partial charge in [0, 0.05) is 18.2 Å². The molecule has 2 aromatic rings. The molecule has 15 heteroatoms. The lowest BCUT2D eigenvalue weighted by atomic mass is 9.96. The molecule has 2 aliphatic rings. The SMILES string of the molecule is C[C@H]1C[C@@](CF)(COP(=O)(OCOC(=O)OC2COC2)OCc2ccccc2)O[C@H]1n1ccc(=O)[nH]c1=O. The Balaban J connectivity index is 1.42. The zero-order valence-electron chi connectivity index (χ0n) is 20.5. The van der Waals surface area contributed by atoms with Gasteiger partial charge < -0.3 is 18.9 Å². The molecule has 0 saturated carbocycles. The first-order valence-corrected chi connectivity index (χ1v) is 13.2. The summed E-state index contributed by atoms with van der Waals surface area (Å²) in [6.07, 6.45) is -1.08. The number of rotatable bonds is 12. The van der Waals surface area contributed by atoms with E-state index in [-0.39, 0.29) is 32.2 Å². The maximum Gasteiger partial charge on any atom is 0.510 e. The van der Waals surface area contributed by atoms with Crippen molar-refractivity contribution in [1.82, 2.24) is 9.55 Å². The fraction of sp³-hybridized carbons (Fsp3) is 0.522. The molecule has 13 nitrogen and oxygen atoms in total. The van der Waals surface area contributed by atoms with E-state index in [1.54, 1.807) is 37.3 Å². The minimum atomic E-state index is -4.42. The second kappa shape index (κ2) is 12.3. The lowest BCUT2D eigenvalue weighted by Crippen LogP contribution is -2.38. The van der Waals surface area contributed by atoms with E-state index in [0.29, 0.717) is 5.56 Å². The monoisotopic (exact) mass is 558 g/mol. The number of hydrogen-bond donors (Lipinski definition) is 1. The minimum Gasteiger partial charge on any atom is -0.426 e. The van der Waals surface area contributed by atoms with Crippen LogP contribution in [0.1, 0.15) is 25.1 Å². The van der Waals surface area contributed by atoms with Gasteiger partial charge in [-0.3, -0.25) is 23.4 Å². The van der Waals surface area contributed by atoms with Gasteiger partial charge in [0.15, 0.2) is 6.10 Å². The smallest absolute Gasteiger partial charge is 0.426 e. The van der Waals surface area contributed by atoms with E-state index in [9.17, 15) is 23.3 Å². The molecule has 3 heterocycles. The van der Waals surface area contributed by atoms with Crippen molar-refractivity contribution < 1.29 is 46.3 Å². The topological polar surface area (TPSA) is 154 Å². The van der Waals surface area contributed by atoms with Crippen LogP contribution in [-0.4, -0.2) is 60.7 Å². The summed E-state index contributed by atoms with van der Waals surface area (Å²) in [6.45, 7) is -0.407. The summed E-state index contributed by atoms with van der Waals surface area (Å²) < 4.78 is 65.4. The normalized spacial score (nSPS) is 24.9.